The summed E-state index contributed by atoms with van der Waals surface area (Å²) in [4.78, 5) is 32.5. The first-order chi connectivity index (χ1) is 15.7. The number of hydrogen-bond donors (Lipinski definition) is 2. The van der Waals surface area contributed by atoms with Crippen molar-refractivity contribution in [3.05, 3.63) is 104 Å². The van der Waals surface area contributed by atoms with E-state index >= 15 is 0 Å². The summed E-state index contributed by atoms with van der Waals surface area (Å²) in [5.41, 5.74) is 1.33. The van der Waals surface area contributed by atoms with Gasteiger partial charge in [0.1, 0.15) is 0 Å². The number of halogens is 4. The van der Waals surface area contributed by atoms with E-state index in [4.69, 9.17) is 56.9 Å². The zero-order valence-electron chi connectivity index (χ0n) is 17.5. The highest BCUT2D eigenvalue weighted by atomic mass is 35.5. The van der Waals surface area contributed by atoms with Crippen LogP contribution in [0.15, 0.2) is 66.7 Å². The van der Waals surface area contributed by atoms with E-state index in [1.807, 2.05) is 6.07 Å². The largest absolute Gasteiger partial charge is 0.387 e. The van der Waals surface area contributed by atoms with Crippen LogP contribution in [0.4, 0.5) is 0 Å². The van der Waals surface area contributed by atoms with Crippen molar-refractivity contribution in [2.45, 2.75) is 19.8 Å². The van der Waals surface area contributed by atoms with Crippen LogP contribution in [0.2, 0.25) is 20.1 Å². The van der Waals surface area contributed by atoms with Crippen LogP contribution >= 0.6 is 46.4 Å². The molecule has 0 unspecified atom stereocenters. The molecule has 0 saturated heterocycles. The normalized spacial score (nSPS) is 9.73. The van der Waals surface area contributed by atoms with E-state index in [0.29, 0.717) is 5.92 Å². The molecule has 0 heterocycles. The van der Waals surface area contributed by atoms with Gasteiger partial charge in [0.05, 0.1) is 31.2 Å². The third-order valence-corrected chi connectivity index (χ3v) is 5.64. The molecule has 0 aliphatic carbocycles. The summed E-state index contributed by atoms with van der Waals surface area (Å²) in [6.45, 7) is 4.41. The zero-order chi connectivity index (χ0) is 25.0. The van der Waals surface area contributed by atoms with Crippen molar-refractivity contribution in [3.63, 3.8) is 0 Å². The zero-order valence-corrected chi connectivity index (χ0v) is 20.5. The molecule has 33 heavy (non-hydrogen) atoms. The second-order valence-electron chi connectivity index (χ2n) is 6.51. The molecular formula is C23H20Cl4O6. The summed E-state index contributed by atoms with van der Waals surface area (Å²) < 4.78 is 0. The molecule has 0 aliphatic heterocycles. The molecule has 3 aromatic carbocycles. The molecular weight excluding hydrogens is 514 g/mol. The third-order valence-electron chi connectivity index (χ3n) is 4.00. The van der Waals surface area contributed by atoms with Crippen molar-refractivity contribution in [3.8, 4) is 0 Å². The smallest absolute Gasteiger partial charge is 0.255 e. The summed E-state index contributed by atoms with van der Waals surface area (Å²) in [6.07, 6.45) is 0. The maximum atomic E-state index is 11.8. The molecule has 6 nitrogen and oxygen atoms in total. The van der Waals surface area contributed by atoms with Crippen molar-refractivity contribution < 1.29 is 29.9 Å². The minimum atomic E-state index is -0.973. The molecule has 0 radical (unpaired) electrons. The van der Waals surface area contributed by atoms with Gasteiger partial charge in [0.15, 0.2) is 0 Å². The number of carbonyl (C=O) groups is 2. The van der Waals surface area contributed by atoms with Crippen LogP contribution in [-0.2, 0) is 9.78 Å². The molecule has 0 saturated carbocycles. The van der Waals surface area contributed by atoms with Gasteiger partial charge in [-0.05, 0) is 35.7 Å². The van der Waals surface area contributed by atoms with Crippen LogP contribution in [0.1, 0.15) is 46.0 Å². The van der Waals surface area contributed by atoms with Crippen LogP contribution in [0.25, 0.3) is 0 Å². The Morgan fingerprint density at radius 1 is 0.667 bits per heavy atom. The van der Waals surface area contributed by atoms with E-state index in [1.165, 1.54) is 42.0 Å². The summed E-state index contributed by atoms with van der Waals surface area (Å²) in [7, 11) is 0. The highest BCUT2D eigenvalue weighted by Crippen LogP contribution is 2.27. The van der Waals surface area contributed by atoms with Crippen LogP contribution in [0, 0.1) is 0 Å². The Balaban J connectivity index is 0.000000412. The van der Waals surface area contributed by atoms with E-state index in [2.05, 4.69) is 47.9 Å². The second-order valence-corrected chi connectivity index (χ2v) is 8.08. The molecule has 10 heteroatoms. The monoisotopic (exact) mass is 532 g/mol. The highest BCUT2D eigenvalue weighted by molar-refractivity contribution is 6.44. The van der Waals surface area contributed by atoms with Gasteiger partial charge in [0.2, 0.25) is 0 Å². The molecule has 0 fully saturated rings. The predicted molar refractivity (Wildman–Crippen MR) is 130 cm³/mol. The molecule has 0 amide bonds. The van der Waals surface area contributed by atoms with Crippen LogP contribution in [-0.4, -0.2) is 22.5 Å². The summed E-state index contributed by atoms with van der Waals surface area (Å²) in [5.74, 6) is -1.29. The Morgan fingerprint density at radius 3 is 1.39 bits per heavy atom. The van der Waals surface area contributed by atoms with Gasteiger partial charge >= 0.3 is 11.9 Å². The van der Waals surface area contributed by atoms with Crippen LogP contribution in [0.3, 0.4) is 0 Å². The second kappa shape index (κ2) is 14.8. The van der Waals surface area contributed by atoms with Crippen molar-refractivity contribution in [1.82, 2.24) is 0 Å². The Labute approximate surface area is 211 Å². The average molecular weight is 534 g/mol. The van der Waals surface area contributed by atoms with E-state index < -0.39 is 11.9 Å². The average Bonchev–Trinajstić information content (AvgIpc) is 2.83. The molecule has 2 N–H and O–H groups in total. The Morgan fingerprint density at radius 2 is 1.06 bits per heavy atom. The lowest BCUT2D eigenvalue weighted by Gasteiger charge is -2.06. The predicted octanol–water partition coefficient (Wildman–Crippen LogP) is 8.06. The van der Waals surface area contributed by atoms with Gasteiger partial charge in [0.25, 0.3) is 0 Å². The number of hydrogen-bond acceptors (Lipinski definition) is 6. The lowest BCUT2D eigenvalue weighted by atomic mass is 10.0. The molecule has 3 aromatic rings. The van der Waals surface area contributed by atoms with E-state index in [9.17, 15) is 9.59 Å². The van der Waals surface area contributed by atoms with Gasteiger partial charge in [-0.3, -0.25) is 10.5 Å². The fourth-order valence-electron chi connectivity index (χ4n) is 2.33. The van der Waals surface area contributed by atoms with Crippen LogP contribution in [0.5, 0.6) is 0 Å². The fraction of sp³-hybridized carbons (Fsp3) is 0.130. The Hall–Kier alpha value is -2.32. The van der Waals surface area contributed by atoms with Crippen molar-refractivity contribution in [2.75, 3.05) is 0 Å². The molecule has 0 bridgehead atoms. The topological polar surface area (TPSA) is 93.1 Å². The SMILES string of the molecule is CC(C)c1ccccc1.O=C(OOC(=O)c1cccc(Cl)c1Cl)c1cccc(Cl)c1Cl.OO. The highest BCUT2D eigenvalue weighted by Gasteiger charge is 2.20. The molecule has 176 valence electrons. The maximum Gasteiger partial charge on any atom is 0.387 e. The number of rotatable bonds is 3. The van der Waals surface area contributed by atoms with Crippen molar-refractivity contribution in [2.24, 2.45) is 0 Å². The Kier molecular flexibility index (Phi) is 12.8. The van der Waals surface area contributed by atoms with Gasteiger partial charge in [0, 0.05) is 0 Å². The van der Waals surface area contributed by atoms with Gasteiger partial charge in [-0.2, -0.15) is 0 Å². The molecule has 0 atom stereocenters. The number of carbonyl (C=O) groups excluding carboxylic acids is 2. The van der Waals surface area contributed by atoms with Crippen molar-refractivity contribution in [1.29, 1.82) is 0 Å². The quantitative estimate of drug-likeness (QED) is 0.261. The lowest BCUT2D eigenvalue weighted by Crippen LogP contribution is -2.12. The summed E-state index contributed by atoms with van der Waals surface area (Å²) in [6, 6.07) is 19.3. The number of benzene rings is 3. The maximum absolute atomic E-state index is 11.8. The van der Waals surface area contributed by atoms with E-state index in [1.54, 1.807) is 0 Å². The van der Waals surface area contributed by atoms with Crippen molar-refractivity contribution >= 4 is 58.3 Å². The lowest BCUT2D eigenvalue weighted by molar-refractivity contribution is -0.187. The molecule has 0 aliphatic rings. The van der Waals surface area contributed by atoms with Crippen LogP contribution < -0.4 is 0 Å². The first-order valence-corrected chi connectivity index (χ1v) is 10.8. The van der Waals surface area contributed by atoms with Gasteiger partial charge in [-0.25, -0.2) is 19.4 Å². The van der Waals surface area contributed by atoms with Gasteiger partial charge in [-0.15, -0.1) is 0 Å². The Bertz CT molecular complexity index is 995. The summed E-state index contributed by atoms with van der Waals surface area (Å²) >= 11 is 23.3. The molecule has 0 aromatic heterocycles. The first-order valence-electron chi connectivity index (χ1n) is 9.28. The minimum Gasteiger partial charge on any atom is -0.255 e. The molecule has 3 rings (SSSR count). The van der Waals surface area contributed by atoms with E-state index in [0.717, 1.165) is 0 Å². The third kappa shape index (κ3) is 8.85. The standard InChI is InChI=1S/C14H6Cl4O4.C9H12.H2O2/c15-9-5-1-3-7(11(9)17)13(19)21-22-14(20)8-4-2-6-10(16)12(8)18;1-8(2)9-6-4-3-5-7-9;1-2/h1-6H;3-8H,1-2H3;1-2H. The summed E-state index contributed by atoms with van der Waals surface area (Å²) in [5, 5.41) is 12.3. The van der Waals surface area contributed by atoms with E-state index in [-0.39, 0.29) is 31.2 Å². The fourth-order valence-corrected chi connectivity index (χ4v) is 3.08. The van der Waals surface area contributed by atoms with Gasteiger partial charge < -0.3 is 0 Å². The molecule has 0 spiro atoms. The minimum absolute atomic E-state index is 0.00833. The first kappa shape index (κ1) is 28.7. The van der Waals surface area contributed by atoms with Gasteiger partial charge in [-0.1, -0.05) is 103 Å².